The summed E-state index contributed by atoms with van der Waals surface area (Å²) in [6.45, 7) is 0. The number of ketones is 1. The van der Waals surface area contributed by atoms with Gasteiger partial charge in [-0.2, -0.15) is 0 Å². The highest BCUT2D eigenvalue weighted by Gasteiger charge is 2.74. The quantitative estimate of drug-likeness (QED) is 0.307. The summed E-state index contributed by atoms with van der Waals surface area (Å²) in [5.41, 5.74) is -7.43. The third kappa shape index (κ3) is 2.74. The summed E-state index contributed by atoms with van der Waals surface area (Å²) in [7, 11) is 0. The molecule has 0 fully saturated rings. The Morgan fingerprint density at radius 3 is 1.77 bits per heavy atom. The van der Waals surface area contributed by atoms with Crippen molar-refractivity contribution in [3.8, 4) is 0 Å². The maximum absolute atomic E-state index is 12.5. The Kier molecular flexibility index (Phi) is 4.48. The smallest absolute Gasteiger partial charge is 0.289 e. The molecule has 0 saturated heterocycles. The van der Waals surface area contributed by atoms with E-state index in [0.29, 0.717) is 6.08 Å². The third-order valence-corrected chi connectivity index (χ3v) is 4.06. The zero-order chi connectivity index (χ0) is 19.7. The third-order valence-electron chi connectivity index (χ3n) is 4.06. The number of carbonyl (C=O) groups excluding carboxylic acids is 1. The number of carbonyl (C=O) groups is 1. The van der Waals surface area contributed by atoms with E-state index in [4.69, 9.17) is 0 Å². The lowest BCUT2D eigenvalue weighted by atomic mass is 9.80. The molecule has 1 aromatic carbocycles. The number of benzene rings is 1. The van der Waals surface area contributed by atoms with E-state index >= 15 is 0 Å². The maximum Gasteiger partial charge on any atom is 0.492 e. The van der Waals surface area contributed by atoms with E-state index in [2.05, 4.69) is 0 Å². The van der Waals surface area contributed by atoms with E-state index in [-0.39, 0.29) is 5.56 Å². The van der Waals surface area contributed by atoms with Crippen LogP contribution in [0.1, 0.15) is 23.2 Å². The van der Waals surface area contributed by atoms with Gasteiger partial charge < -0.3 is 0 Å². The van der Waals surface area contributed by atoms with Gasteiger partial charge in [0.1, 0.15) is 16.3 Å². The monoisotopic (exact) mass is 366 g/mol. The molecule has 0 spiro atoms. The van der Waals surface area contributed by atoms with Gasteiger partial charge in [0.15, 0.2) is 5.78 Å². The van der Waals surface area contributed by atoms with Crippen LogP contribution in [0, 0.1) is 40.5 Å². The summed E-state index contributed by atoms with van der Waals surface area (Å²) >= 11 is 0. The van der Waals surface area contributed by atoms with Gasteiger partial charge in [0.05, 0.1) is 15.9 Å². The Bertz CT molecular complexity index is 820. The summed E-state index contributed by atoms with van der Waals surface area (Å²) in [5.74, 6) is -0.994. The molecular formula is C13H10N4O9. The number of rotatable bonds is 6. The topological polar surface area (TPSA) is 190 Å². The largest absolute Gasteiger partial charge is 0.492 e. The summed E-state index contributed by atoms with van der Waals surface area (Å²) in [6.07, 6.45) is -2.36. The Morgan fingerprint density at radius 2 is 1.35 bits per heavy atom. The van der Waals surface area contributed by atoms with Crippen molar-refractivity contribution in [2.45, 2.75) is 24.2 Å². The van der Waals surface area contributed by atoms with Crippen LogP contribution < -0.4 is 0 Å². The second-order valence-electron chi connectivity index (χ2n) is 5.61. The van der Waals surface area contributed by atoms with Crippen molar-refractivity contribution in [3.63, 3.8) is 0 Å². The summed E-state index contributed by atoms with van der Waals surface area (Å²) in [5, 5.41) is 45.3. The van der Waals surface area contributed by atoms with Gasteiger partial charge >= 0.3 is 11.3 Å². The van der Waals surface area contributed by atoms with Crippen molar-refractivity contribution in [3.05, 3.63) is 88.0 Å². The van der Waals surface area contributed by atoms with Crippen LogP contribution in [0.25, 0.3) is 0 Å². The predicted molar refractivity (Wildman–Crippen MR) is 81.5 cm³/mol. The lowest BCUT2D eigenvalue weighted by molar-refractivity contribution is -0.841. The molecule has 136 valence electrons. The number of nitrogens with zero attached hydrogens (tertiary/aromatic N) is 4. The Morgan fingerprint density at radius 1 is 0.846 bits per heavy atom. The van der Waals surface area contributed by atoms with E-state index in [9.17, 15) is 45.3 Å². The van der Waals surface area contributed by atoms with Gasteiger partial charge in [0, 0.05) is 11.1 Å². The van der Waals surface area contributed by atoms with Crippen molar-refractivity contribution in [2.75, 3.05) is 0 Å². The van der Waals surface area contributed by atoms with E-state index in [1.165, 1.54) is 24.3 Å². The molecule has 0 heterocycles. The molecule has 0 saturated carbocycles. The van der Waals surface area contributed by atoms with Crippen LogP contribution in [-0.2, 0) is 0 Å². The summed E-state index contributed by atoms with van der Waals surface area (Å²) < 4.78 is 0. The molecule has 0 radical (unpaired) electrons. The van der Waals surface area contributed by atoms with Gasteiger partial charge in [0.2, 0.25) is 6.42 Å². The second kappa shape index (κ2) is 6.27. The molecule has 13 nitrogen and oxygen atoms in total. The van der Waals surface area contributed by atoms with Gasteiger partial charge in [-0.1, -0.05) is 30.3 Å². The Balaban J connectivity index is 2.73. The van der Waals surface area contributed by atoms with Crippen LogP contribution in [0.3, 0.4) is 0 Å². The first-order valence-corrected chi connectivity index (χ1v) is 6.96. The molecule has 1 aromatic rings. The molecule has 0 N–H and O–H groups in total. The van der Waals surface area contributed by atoms with Gasteiger partial charge in [-0.3, -0.25) is 45.3 Å². The number of hydrogen-bond acceptors (Lipinski definition) is 9. The fraction of sp³-hybridized carbons (Fsp3) is 0.308. The van der Waals surface area contributed by atoms with Crippen LogP contribution in [-0.4, -0.2) is 36.8 Å². The predicted octanol–water partition coefficient (Wildman–Crippen LogP) is 1.09. The molecule has 2 rings (SSSR count). The minimum Gasteiger partial charge on any atom is -0.289 e. The lowest BCUT2D eigenvalue weighted by Gasteiger charge is -2.25. The first-order valence-electron chi connectivity index (χ1n) is 6.96. The summed E-state index contributed by atoms with van der Waals surface area (Å²) in [6, 6.07) is 6.95. The van der Waals surface area contributed by atoms with E-state index in [0.717, 1.165) is 0 Å². The molecule has 0 bridgehead atoms. The van der Waals surface area contributed by atoms with Gasteiger partial charge in [0.25, 0.3) is 0 Å². The van der Waals surface area contributed by atoms with Gasteiger partial charge in [-0.15, -0.1) is 0 Å². The summed E-state index contributed by atoms with van der Waals surface area (Å²) in [4.78, 5) is 52.0. The van der Waals surface area contributed by atoms with Crippen molar-refractivity contribution in [1.82, 2.24) is 0 Å². The Hall–Kier alpha value is -3.77. The standard InChI is InChI=1S/C13H10N4O9/c18-11(9-4-2-1-3-5-9)10-6-12(14(19)20,15(21)22)8-13(7-10,16(23)24)17(25)26/h1-6H,7-8H2. The zero-order valence-electron chi connectivity index (χ0n) is 12.8. The van der Waals surface area contributed by atoms with E-state index < -0.39 is 55.2 Å². The molecular weight excluding hydrogens is 356 g/mol. The van der Waals surface area contributed by atoms with Gasteiger partial charge in [-0.25, -0.2) is 0 Å². The van der Waals surface area contributed by atoms with Crippen LogP contribution in [0.4, 0.5) is 0 Å². The number of nitro groups is 4. The molecule has 0 atom stereocenters. The van der Waals surface area contributed by atoms with Crippen LogP contribution >= 0.6 is 0 Å². The first-order chi connectivity index (χ1) is 12.1. The molecule has 1 aliphatic carbocycles. The second-order valence-corrected chi connectivity index (χ2v) is 5.61. The molecule has 1 aliphatic rings. The Labute approximate surface area is 143 Å². The zero-order valence-corrected chi connectivity index (χ0v) is 12.8. The van der Waals surface area contributed by atoms with Crippen LogP contribution in [0.5, 0.6) is 0 Å². The maximum atomic E-state index is 12.5. The highest BCUT2D eigenvalue weighted by atomic mass is 16.7. The van der Waals surface area contributed by atoms with Crippen molar-refractivity contribution in [2.24, 2.45) is 0 Å². The van der Waals surface area contributed by atoms with Crippen LogP contribution in [0.2, 0.25) is 0 Å². The van der Waals surface area contributed by atoms with Crippen molar-refractivity contribution >= 4 is 5.78 Å². The number of Topliss-reactive ketones (excluding diaryl/α,β-unsaturated/α-hetero) is 1. The van der Waals surface area contributed by atoms with Crippen molar-refractivity contribution in [1.29, 1.82) is 0 Å². The molecule has 26 heavy (non-hydrogen) atoms. The highest BCUT2D eigenvalue weighted by molar-refractivity contribution is 6.08. The minimum atomic E-state index is -3.36. The lowest BCUT2D eigenvalue weighted by Crippen LogP contribution is -2.60. The molecule has 0 aromatic heterocycles. The first kappa shape index (κ1) is 18.6. The van der Waals surface area contributed by atoms with E-state index in [1.54, 1.807) is 6.07 Å². The average molecular weight is 366 g/mol. The fourth-order valence-corrected chi connectivity index (χ4v) is 2.71. The molecule has 0 unspecified atom stereocenters. The average Bonchev–Trinajstić information content (AvgIpc) is 2.60. The normalized spacial score (nSPS) is 17.6. The molecule has 13 heteroatoms. The van der Waals surface area contributed by atoms with Crippen molar-refractivity contribution < 1.29 is 24.5 Å². The van der Waals surface area contributed by atoms with Crippen LogP contribution in [0.15, 0.2) is 42.0 Å². The molecule has 0 aliphatic heterocycles. The minimum absolute atomic E-state index is 0.0677. The van der Waals surface area contributed by atoms with Gasteiger partial charge in [-0.05, 0) is 0 Å². The fourth-order valence-electron chi connectivity index (χ4n) is 2.71. The SMILES string of the molecule is O=C(C1=CC([N+](=O)[O-])([N+](=O)[O-])CC([N+](=O)[O-])([N+](=O)[O-])C1)c1ccccc1. The molecule has 0 amide bonds. The van der Waals surface area contributed by atoms with E-state index in [1.807, 2.05) is 0 Å². The highest BCUT2D eigenvalue weighted by Crippen LogP contribution is 2.40. The number of hydrogen-bond donors (Lipinski definition) is 0.